The summed E-state index contributed by atoms with van der Waals surface area (Å²) in [6, 6.07) is 19.2. The van der Waals surface area contributed by atoms with Crippen LogP contribution in [-0.2, 0) is 22.6 Å². The third-order valence-corrected chi connectivity index (χ3v) is 6.54. The second kappa shape index (κ2) is 10.0. The van der Waals surface area contributed by atoms with Crippen LogP contribution in [0.1, 0.15) is 42.1 Å². The number of hydrogen-bond acceptors (Lipinski definition) is 6. The zero-order valence-corrected chi connectivity index (χ0v) is 21.1. The number of aliphatic hydroxyl groups excluding tert-OH is 1. The molecule has 7 nitrogen and oxygen atoms in total. The van der Waals surface area contributed by atoms with Crippen LogP contribution in [-0.4, -0.2) is 41.5 Å². The predicted octanol–water partition coefficient (Wildman–Crippen LogP) is 5.04. The lowest BCUT2D eigenvalue weighted by molar-refractivity contribution is -0.140. The van der Waals surface area contributed by atoms with Crippen molar-refractivity contribution < 1.29 is 28.9 Å². The van der Waals surface area contributed by atoms with Crippen molar-refractivity contribution in [2.24, 2.45) is 0 Å². The molecule has 2 heterocycles. The van der Waals surface area contributed by atoms with Crippen molar-refractivity contribution in [3.05, 3.63) is 94.6 Å². The fourth-order valence-corrected chi connectivity index (χ4v) is 4.88. The Labute approximate surface area is 215 Å². The lowest BCUT2D eigenvalue weighted by Crippen LogP contribution is -2.29. The average molecular weight is 500 g/mol. The lowest BCUT2D eigenvalue weighted by atomic mass is 9.94. The Bertz CT molecular complexity index is 1390. The number of hydrogen-bond donors (Lipinski definition) is 1. The number of carbonyl (C=O) groups is 2. The van der Waals surface area contributed by atoms with E-state index in [-0.39, 0.29) is 24.0 Å². The number of methoxy groups -OCH3 is 1. The summed E-state index contributed by atoms with van der Waals surface area (Å²) in [5.41, 5.74) is 2.95. The highest BCUT2D eigenvalue weighted by Crippen LogP contribution is 2.42. The number of fused-ring (bicyclic) bond motifs is 1. The van der Waals surface area contributed by atoms with Crippen molar-refractivity contribution >= 4 is 17.4 Å². The summed E-state index contributed by atoms with van der Waals surface area (Å²) in [6.45, 7) is 4.63. The van der Waals surface area contributed by atoms with Crippen LogP contribution in [0, 0.1) is 0 Å². The van der Waals surface area contributed by atoms with Crippen LogP contribution in [0.5, 0.6) is 17.2 Å². The molecule has 1 N–H and O–H groups in total. The monoisotopic (exact) mass is 499 g/mol. The highest BCUT2D eigenvalue weighted by molar-refractivity contribution is 6.46. The van der Waals surface area contributed by atoms with Crippen molar-refractivity contribution in [3.8, 4) is 17.2 Å². The van der Waals surface area contributed by atoms with Crippen LogP contribution < -0.4 is 14.2 Å². The summed E-state index contributed by atoms with van der Waals surface area (Å²) in [5.74, 6) is 0.434. The topological polar surface area (TPSA) is 85.3 Å². The van der Waals surface area contributed by atoms with Gasteiger partial charge in [-0.25, -0.2) is 0 Å². The van der Waals surface area contributed by atoms with Gasteiger partial charge in [0, 0.05) is 18.5 Å². The SMILES string of the molecule is COc1cccc(C2/C(=C(/O)c3ccc4c(c3)CCO4)C(=O)C(=O)N2Cc2cccc(OC(C)C)c2)c1. The van der Waals surface area contributed by atoms with E-state index in [4.69, 9.17) is 14.2 Å². The summed E-state index contributed by atoms with van der Waals surface area (Å²) in [7, 11) is 1.56. The molecule has 0 aromatic heterocycles. The van der Waals surface area contributed by atoms with Crippen LogP contribution in [0.3, 0.4) is 0 Å². The highest BCUT2D eigenvalue weighted by atomic mass is 16.5. The molecule has 2 aliphatic rings. The summed E-state index contributed by atoms with van der Waals surface area (Å²) in [5, 5.41) is 11.4. The van der Waals surface area contributed by atoms with E-state index < -0.39 is 17.7 Å². The largest absolute Gasteiger partial charge is 0.507 e. The first-order chi connectivity index (χ1) is 17.9. The fraction of sp³-hybridized carbons (Fsp3) is 0.267. The summed E-state index contributed by atoms with van der Waals surface area (Å²) in [6.07, 6.45) is 0.720. The van der Waals surface area contributed by atoms with Crippen molar-refractivity contribution in [1.29, 1.82) is 0 Å². The van der Waals surface area contributed by atoms with Crippen molar-refractivity contribution in [2.75, 3.05) is 13.7 Å². The molecule has 1 unspecified atom stereocenters. The molecular weight excluding hydrogens is 470 g/mol. The number of ketones is 1. The fourth-order valence-electron chi connectivity index (χ4n) is 4.88. The normalized spacial score (nSPS) is 18.2. The number of aliphatic hydroxyl groups is 1. The summed E-state index contributed by atoms with van der Waals surface area (Å²) >= 11 is 0. The Morgan fingerprint density at radius 3 is 2.62 bits per heavy atom. The van der Waals surface area contributed by atoms with E-state index in [9.17, 15) is 14.7 Å². The van der Waals surface area contributed by atoms with E-state index in [1.54, 1.807) is 37.4 Å². The number of nitrogens with zero attached hydrogens (tertiary/aromatic N) is 1. The molecule has 37 heavy (non-hydrogen) atoms. The van der Waals surface area contributed by atoms with Crippen molar-refractivity contribution in [1.82, 2.24) is 4.90 Å². The van der Waals surface area contributed by atoms with Gasteiger partial charge in [-0.05, 0) is 73.0 Å². The van der Waals surface area contributed by atoms with E-state index in [0.29, 0.717) is 29.2 Å². The summed E-state index contributed by atoms with van der Waals surface area (Å²) < 4.78 is 16.8. The average Bonchev–Trinajstić information content (AvgIpc) is 3.46. The Kier molecular flexibility index (Phi) is 6.61. The molecule has 0 saturated carbocycles. The number of Topliss-reactive ketones (excluding diaryl/α,β-unsaturated/α-hetero) is 1. The van der Waals surface area contributed by atoms with E-state index in [1.807, 2.05) is 50.2 Å². The van der Waals surface area contributed by atoms with Crippen LogP contribution in [0.15, 0.2) is 72.3 Å². The molecule has 3 aromatic carbocycles. The standard InChI is InChI=1S/C30H29NO6/c1-18(2)37-24-9-4-6-19(14-24)17-31-27(21-7-5-8-23(16-21)35-3)26(29(33)30(31)34)28(32)22-10-11-25-20(15-22)12-13-36-25/h4-11,14-16,18,27,32H,12-13,17H2,1-3H3/b28-26-. The molecule has 190 valence electrons. The first-order valence-corrected chi connectivity index (χ1v) is 12.3. The van der Waals surface area contributed by atoms with Gasteiger partial charge in [0.2, 0.25) is 0 Å². The molecule has 3 aromatic rings. The second-order valence-corrected chi connectivity index (χ2v) is 9.44. The quantitative estimate of drug-likeness (QED) is 0.279. The maximum atomic E-state index is 13.4. The highest BCUT2D eigenvalue weighted by Gasteiger charge is 2.46. The van der Waals surface area contributed by atoms with Gasteiger partial charge in [-0.2, -0.15) is 0 Å². The van der Waals surface area contributed by atoms with Gasteiger partial charge in [-0.15, -0.1) is 0 Å². The molecule has 1 saturated heterocycles. The number of ether oxygens (including phenoxy) is 3. The zero-order valence-electron chi connectivity index (χ0n) is 21.1. The predicted molar refractivity (Wildman–Crippen MR) is 139 cm³/mol. The maximum absolute atomic E-state index is 13.4. The summed E-state index contributed by atoms with van der Waals surface area (Å²) in [4.78, 5) is 28.3. The van der Waals surface area contributed by atoms with Gasteiger partial charge in [0.25, 0.3) is 11.7 Å². The van der Waals surface area contributed by atoms with Crippen LogP contribution in [0.25, 0.3) is 5.76 Å². The van der Waals surface area contributed by atoms with Gasteiger partial charge in [0.15, 0.2) is 0 Å². The number of rotatable bonds is 7. The second-order valence-electron chi connectivity index (χ2n) is 9.44. The van der Waals surface area contributed by atoms with Crippen molar-refractivity contribution in [2.45, 2.75) is 39.0 Å². The molecule has 0 aliphatic carbocycles. The molecule has 1 fully saturated rings. The van der Waals surface area contributed by atoms with Gasteiger partial charge < -0.3 is 24.2 Å². The third kappa shape index (κ3) is 4.77. The molecule has 0 bridgehead atoms. The lowest BCUT2D eigenvalue weighted by Gasteiger charge is -2.26. The molecule has 7 heteroatoms. The van der Waals surface area contributed by atoms with E-state index in [1.165, 1.54) is 4.90 Å². The minimum Gasteiger partial charge on any atom is -0.507 e. The third-order valence-electron chi connectivity index (χ3n) is 6.54. The first kappa shape index (κ1) is 24.4. The number of carbonyl (C=O) groups excluding carboxylic acids is 2. The molecule has 0 radical (unpaired) electrons. The van der Waals surface area contributed by atoms with E-state index >= 15 is 0 Å². The number of benzene rings is 3. The van der Waals surface area contributed by atoms with Gasteiger partial charge in [-0.1, -0.05) is 24.3 Å². The molecule has 1 amide bonds. The minimum absolute atomic E-state index is 0.000942. The smallest absolute Gasteiger partial charge is 0.295 e. The van der Waals surface area contributed by atoms with Gasteiger partial charge in [0.1, 0.15) is 23.0 Å². The molecule has 5 rings (SSSR count). The van der Waals surface area contributed by atoms with Gasteiger partial charge >= 0.3 is 0 Å². The Hall–Kier alpha value is -4.26. The molecular formula is C30H29NO6. The molecule has 1 atom stereocenters. The zero-order chi connectivity index (χ0) is 26.1. The Morgan fingerprint density at radius 2 is 1.84 bits per heavy atom. The van der Waals surface area contributed by atoms with E-state index in [0.717, 1.165) is 23.3 Å². The van der Waals surface area contributed by atoms with Crippen molar-refractivity contribution in [3.63, 3.8) is 0 Å². The first-order valence-electron chi connectivity index (χ1n) is 12.3. The number of likely N-dealkylation sites (tertiary alicyclic amines) is 1. The molecule has 0 spiro atoms. The van der Waals surface area contributed by atoms with Crippen LogP contribution in [0.4, 0.5) is 0 Å². The van der Waals surface area contributed by atoms with Gasteiger partial charge in [-0.3, -0.25) is 9.59 Å². The van der Waals surface area contributed by atoms with Gasteiger partial charge in [0.05, 0.1) is 31.4 Å². The number of amides is 1. The van der Waals surface area contributed by atoms with Crippen LogP contribution >= 0.6 is 0 Å². The van der Waals surface area contributed by atoms with E-state index in [2.05, 4.69) is 0 Å². The molecule has 2 aliphatic heterocycles. The Morgan fingerprint density at radius 1 is 1.05 bits per heavy atom. The Balaban J connectivity index is 1.60. The maximum Gasteiger partial charge on any atom is 0.295 e. The minimum atomic E-state index is -0.797. The van der Waals surface area contributed by atoms with Crippen LogP contribution in [0.2, 0.25) is 0 Å².